The molecule has 0 atom stereocenters. The van der Waals surface area contributed by atoms with Gasteiger partial charge in [0.1, 0.15) is 23.9 Å². The molecular weight excluding hydrogens is 386 g/mol. The first-order valence-corrected chi connectivity index (χ1v) is 9.55. The number of hydrogen-bond donors (Lipinski definition) is 0. The molecule has 3 aromatic rings. The van der Waals surface area contributed by atoms with Crippen LogP contribution in [-0.2, 0) is 11.3 Å². The number of Topliss-reactive ketones (excluding diaryl/α,β-unsaturated/α-hetero) is 1. The molecule has 0 spiro atoms. The van der Waals surface area contributed by atoms with Crippen LogP contribution in [0.5, 0.6) is 11.5 Å². The van der Waals surface area contributed by atoms with Gasteiger partial charge >= 0.3 is 5.97 Å². The van der Waals surface area contributed by atoms with Crippen molar-refractivity contribution < 1.29 is 28.3 Å². The lowest BCUT2D eigenvalue weighted by Gasteiger charge is -2.08. The first-order valence-electron chi connectivity index (χ1n) is 9.55. The molecule has 0 unspecified atom stereocenters. The smallest absolute Gasteiger partial charge is 0.338 e. The number of aromatic nitrogens is 1. The summed E-state index contributed by atoms with van der Waals surface area (Å²) in [5.74, 6) is 1.13. The highest BCUT2D eigenvalue weighted by Gasteiger charge is 2.13. The lowest BCUT2D eigenvalue weighted by Crippen LogP contribution is -2.14. The summed E-state index contributed by atoms with van der Waals surface area (Å²) >= 11 is 0. The van der Waals surface area contributed by atoms with Gasteiger partial charge in [-0.1, -0.05) is 5.16 Å². The molecule has 1 heterocycles. The zero-order valence-corrected chi connectivity index (χ0v) is 17.1. The molecule has 3 rings (SSSR count). The fourth-order valence-electron chi connectivity index (χ4n) is 2.75. The number of nitrogens with zero attached hydrogens (tertiary/aromatic N) is 1. The highest BCUT2D eigenvalue weighted by molar-refractivity contribution is 5.99. The standard InChI is InChI=1S/C23H23NO6/c1-4-27-19-9-5-17(6-10-19)22(25)14-29-23(26)18-7-11-20(12-8-18)28-13-21-15(2)24-30-16(21)3/h5-12H,4,13-14H2,1-3H3. The fraction of sp³-hybridized carbons (Fsp3) is 0.261. The van der Waals surface area contributed by atoms with Crippen molar-refractivity contribution in [2.24, 2.45) is 0 Å². The highest BCUT2D eigenvalue weighted by Crippen LogP contribution is 2.18. The quantitative estimate of drug-likeness (QED) is 0.384. The maximum absolute atomic E-state index is 12.2. The second kappa shape index (κ2) is 9.73. The average molecular weight is 409 g/mol. The fourth-order valence-corrected chi connectivity index (χ4v) is 2.75. The average Bonchev–Trinajstić information content (AvgIpc) is 3.08. The van der Waals surface area contributed by atoms with Gasteiger partial charge < -0.3 is 18.7 Å². The van der Waals surface area contributed by atoms with Gasteiger partial charge in [-0.25, -0.2) is 4.79 Å². The van der Waals surface area contributed by atoms with Gasteiger partial charge in [0.25, 0.3) is 0 Å². The third-order valence-electron chi connectivity index (χ3n) is 4.48. The molecule has 0 amide bonds. The van der Waals surface area contributed by atoms with Crippen LogP contribution in [0.1, 0.15) is 44.7 Å². The molecule has 0 radical (unpaired) electrons. The Labute approximate surface area is 174 Å². The molecule has 1 aromatic heterocycles. The third-order valence-corrected chi connectivity index (χ3v) is 4.48. The molecular formula is C23H23NO6. The molecule has 0 aliphatic carbocycles. The normalized spacial score (nSPS) is 10.5. The van der Waals surface area contributed by atoms with Gasteiger partial charge in [0, 0.05) is 5.56 Å². The predicted molar refractivity (Wildman–Crippen MR) is 109 cm³/mol. The Morgan fingerprint density at radius 3 is 2.07 bits per heavy atom. The van der Waals surface area contributed by atoms with Gasteiger partial charge in [-0.3, -0.25) is 4.79 Å². The minimum absolute atomic E-state index is 0.286. The first-order chi connectivity index (χ1) is 14.5. The predicted octanol–water partition coefficient (Wildman–Crippen LogP) is 4.31. The van der Waals surface area contributed by atoms with Crippen LogP contribution in [0.2, 0.25) is 0 Å². The molecule has 7 heteroatoms. The Morgan fingerprint density at radius 2 is 1.50 bits per heavy atom. The van der Waals surface area contributed by atoms with Crippen LogP contribution >= 0.6 is 0 Å². The van der Waals surface area contributed by atoms with E-state index in [2.05, 4.69) is 5.16 Å². The molecule has 0 fully saturated rings. The first kappa shape index (κ1) is 21.1. The maximum Gasteiger partial charge on any atom is 0.338 e. The van der Waals surface area contributed by atoms with E-state index in [0.717, 1.165) is 11.3 Å². The van der Waals surface area contributed by atoms with Crippen molar-refractivity contribution >= 4 is 11.8 Å². The summed E-state index contributed by atoms with van der Waals surface area (Å²) in [6.45, 7) is 6.10. The number of benzene rings is 2. The van der Waals surface area contributed by atoms with Crippen molar-refractivity contribution in [3.8, 4) is 11.5 Å². The molecule has 0 aliphatic rings. The summed E-state index contributed by atoms with van der Waals surface area (Å²) in [6.07, 6.45) is 0. The minimum Gasteiger partial charge on any atom is -0.494 e. The van der Waals surface area contributed by atoms with Gasteiger partial charge in [-0.05, 0) is 69.3 Å². The maximum atomic E-state index is 12.2. The number of hydrogen-bond acceptors (Lipinski definition) is 7. The second-order valence-corrected chi connectivity index (χ2v) is 6.57. The summed E-state index contributed by atoms with van der Waals surface area (Å²) in [5, 5.41) is 3.88. The van der Waals surface area contributed by atoms with Crippen LogP contribution in [0.15, 0.2) is 53.1 Å². The van der Waals surface area contributed by atoms with E-state index in [9.17, 15) is 9.59 Å². The molecule has 0 saturated heterocycles. The monoisotopic (exact) mass is 409 g/mol. The van der Waals surface area contributed by atoms with Crippen molar-refractivity contribution in [1.29, 1.82) is 0 Å². The van der Waals surface area contributed by atoms with E-state index in [-0.39, 0.29) is 12.4 Å². The molecule has 0 bridgehead atoms. The van der Waals surface area contributed by atoms with Crippen LogP contribution in [0.3, 0.4) is 0 Å². The number of rotatable bonds is 9. The van der Waals surface area contributed by atoms with Crippen LogP contribution in [0, 0.1) is 13.8 Å². The van der Waals surface area contributed by atoms with Crippen LogP contribution in [0.25, 0.3) is 0 Å². The van der Waals surface area contributed by atoms with Crippen molar-refractivity contribution in [3.05, 3.63) is 76.7 Å². The number of carbonyl (C=O) groups excluding carboxylic acids is 2. The van der Waals surface area contributed by atoms with Crippen molar-refractivity contribution in [1.82, 2.24) is 5.16 Å². The van der Waals surface area contributed by atoms with Gasteiger partial charge in [-0.2, -0.15) is 0 Å². The lowest BCUT2D eigenvalue weighted by atomic mass is 10.1. The molecule has 156 valence electrons. The second-order valence-electron chi connectivity index (χ2n) is 6.57. The van der Waals surface area contributed by atoms with E-state index < -0.39 is 5.97 Å². The largest absolute Gasteiger partial charge is 0.494 e. The van der Waals surface area contributed by atoms with E-state index >= 15 is 0 Å². The van der Waals surface area contributed by atoms with Crippen molar-refractivity contribution in [3.63, 3.8) is 0 Å². The van der Waals surface area contributed by atoms with Crippen molar-refractivity contribution in [2.75, 3.05) is 13.2 Å². The van der Waals surface area contributed by atoms with E-state index in [1.807, 2.05) is 20.8 Å². The SMILES string of the molecule is CCOc1ccc(C(=O)COC(=O)c2ccc(OCc3c(C)noc3C)cc2)cc1. The summed E-state index contributed by atoms with van der Waals surface area (Å²) < 4.78 is 21.3. The number of esters is 1. The zero-order chi connectivity index (χ0) is 21.5. The van der Waals surface area contributed by atoms with Crippen molar-refractivity contribution in [2.45, 2.75) is 27.4 Å². The van der Waals surface area contributed by atoms with Gasteiger partial charge in [0.05, 0.1) is 23.4 Å². The molecule has 0 aliphatic heterocycles. The lowest BCUT2D eigenvalue weighted by molar-refractivity contribution is 0.0474. The Bertz CT molecular complexity index is 986. The van der Waals surface area contributed by atoms with Gasteiger partial charge in [0.15, 0.2) is 12.4 Å². The number of ketones is 1. The number of carbonyl (C=O) groups is 2. The van der Waals surface area contributed by atoms with E-state index in [1.54, 1.807) is 48.5 Å². The zero-order valence-electron chi connectivity index (χ0n) is 17.1. The van der Waals surface area contributed by atoms with Crippen LogP contribution in [-0.4, -0.2) is 30.1 Å². The number of aryl methyl sites for hydroxylation is 2. The molecule has 0 saturated carbocycles. The Kier molecular flexibility index (Phi) is 6.85. The Balaban J connectivity index is 1.51. The molecule has 7 nitrogen and oxygen atoms in total. The van der Waals surface area contributed by atoms with Gasteiger partial charge in [0.2, 0.25) is 0 Å². The Morgan fingerprint density at radius 1 is 0.900 bits per heavy atom. The summed E-state index contributed by atoms with van der Waals surface area (Å²) in [7, 11) is 0. The summed E-state index contributed by atoms with van der Waals surface area (Å²) in [5.41, 5.74) is 2.46. The molecule has 0 N–H and O–H groups in total. The Hall–Kier alpha value is -3.61. The van der Waals surface area contributed by atoms with E-state index in [0.29, 0.717) is 41.6 Å². The molecule has 2 aromatic carbocycles. The van der Waals surface area contributed by atoms with E-state index in [4.69, 9.17) is 18.7 Å². The summed E-state index contributed by atoms with van der Waals surface area (Å²) in [4.78, 5) is 24.4. The number of ether oxygens (including phenoxy) is 3. The summed E-state index contributed by atoms with van der Waals surface area (Å²) in [6, 6.07) is 13.2. The van der Waals surface area contributed by atoms with Crippen LogP contribution < -0.4 is 9.47 Å². The van der Waals surface area contributed by atoms with Gasteiger partial charge in [-0.15, -0.1) is 0 Å². The molecule has 30 heavy (non-hydrogen) atoms. The van der Waals surface area contributed by atoms with E-state index in [1.165, 1.54) is 0 Å². The third kappa shape index (κ3) is 5.26. The highest BCUT2D eigenvalue weighted by atomic mass is 16.5. The topological polar surface area (TPSA) is 87.9 Å². The minimum atomic E-state index is -0.577. The van der Waals surface area contributed by atoms with Crippen LogP contribution in [0.4, 0.5) is 0 Å².